The maximum absolute atomic E-state index is 13.9. The molecule has 1 aromatic heterocycles. The molecule has 47 heavy (non-hydrogen) atoms. The van der Waals surface area contributed by atoms with Crippen molar-refractivity contribution >= 4 is 34.6 Å². The van der Waals surface area contributed by atoms with Gasteiger partial charge in [-0.2, -0.15) is 0 Å². The van der Waals surface area contributed by atoms with E-state index in [9.17, 15) is 9.59 Å². The maximum atomic E-state index is 13.9. The zero-order valence-electron chi connectivity index (χ0n) is 28.7. The molecule has 0 bridgehead atoms. The van der Waals surface area contributed by atoms with E-state index >= 15 is 0 Å². The number of carboxylic acids is 2. The molecule has 10 heteroatoms. The predicted molar refractivity (Wildman–Crippen MR) is 184 cm³/mol. The Balaban J connectivity index is 0.00000117. The van der Waals surface area contributed by atoms with E-state index in [2.05, 4.69) is 25.7 Å². The monoisotopic (exact) mass is 652 g/mol. The van der Waals surface area contributed by atoms with Crippen molar-refractivity contribution < 1.29 is 38.5 Å². The van der Waals surface area contributed by atoms with Crippen molar-refractivity contribution in [3.8, 4) is 5.75 Å². The van der Waals surface area contributed by atoms with Crippen LogP contribution in [0.15, 0.2) is 46.9 Å². The van der Waals surface area contributed by atoms with Crippen molar-refractivity contribution in [2.24, 2.45) is 0 Å². The van der Waals surface area contributed by atoms with Crippen LogP contribution in [0.25, 0.3) is 11.0 Å². The fourth-order valence-corrected chi connectivity index (χ4v) is 5.16. The van der Waals surface area contributed by atoms with Gasteiger partial charge in [-0.1, -0.05) is 40.0 Å². The fraction of sp³-hybridized carbons (Fsp3) is 0.514. The van der Waals surface area contributed by atoms with E-state index in [1.807, 2.05) is 50.2 Å². The second kappa shape index (κ2) is 20.8. The molecule has 0 saturated heterocycles. The molecule has 3 rings (SSSR count). The van der Waals surface area contributed by atoms with Gasteiger partial charge in [-0.3, -0.25) is 9.59 Å². The molecule has 10 nitrogen and oxygen atoms in total. The van der Waals surface area contributed by atoms with Crippen molar-refractivity contribution in [2.75, 3.05) is 39.3 Å². The number of fused-ring (bicyclic) bond motifs is 1. The summed E-state index contributed by atoms with van der Waals surface area (Å²) >= 11 is 0. The van der Waals surface area contributed by atoms with Crippen LogP contribution in [0.4, 0.5) is 0 Å². The van der Waals surface area contributed by atoms with Gasteiger partial charge in [-0.25, -0.2) is 9.59 Å². The number of ether oxygens (including phenoxy) is 1. The Morgan fingerprint density at radius 2 is 1.28 bits per heavy atom. The zero-order chi connectivity index (χ0) is 34.8. The number of ketones is 1. The van der Waals surface area contributed by atoms with Crippen LogP contribution in [0.3, 0.4) is 0 Å². The summed E-state index contributed by atoms with van der Waals surface area (Å²) < 4.78 is 12.2. The molecule has 1 amide bonds. The predicted octanol–water partition coefficient (Wildman–Crippen LogP) is 7.32. The lowest BCUT2D eigenvalue weighted by Gasteiger charge is -2.21. The first kappa shape index (κ1) is 39.0. The fourth-order valence-electron chi connectivity index (χ4n) is 5.16. The van der Waals surface area contributed by atoms with E-state index < -0.39 is 11.9 Å². The standard InChI is InChI=1S/C35H50N2O4.C2H2O4/c1-6-11-15-32-33(30-26-28(18-21-31(30)41-32)35(39)37(9-4)10-5)34(38)27-16-19-29(20-17-27)40-25-14-24-36(22-12-7-2)23-13-8-3;3-1(4)2(5)6/h16-21,26H,6-15,22-25H2,1-5H3;(H,3,4)(H,5,6). The second-order valence-electron chi connectivity index (χ2n) is 11.4. The minimum Gasteiger partial charge on any atom is -0.494 e. The summed E-state index contributed by atoms with van der Waals surface area (Å²) in [5.41, 5.74) is 2.37. The van der Waals surface area contributed by atoms with E-state index in [4.69, 9.17) is 29.0 Å². The molecular formula is C37H52N2O8. The summed E-state index contributed by atoms with van der Waals surface area (Å²) in [7, 11) is 0. The Bertz CT molecular complexity index is 1410. The molecule has 1 heterocycles. The number of carboxylic acid groups (broad SMARTS) is 2. The topological polar surface area (TPSA) is 138 Å². The number of carbonyl (C=O) groups excluding carboxylic acids is 2. The van der Waals surface area contributed by atoms with Crippen LogP contribution >= 0.6 is 0 Å². The van der Waals surface area contributed by atoms with Gasteiger partial charge in [0.2, 0.25) is 0 Å². The third kappa shape index (κ3) is 12.2. The van der Waals surface area contributed by atoms with Crippen molar-refractivity contribution in [3.05, 3.63) is 64.9 Å². The van der Waals surface area contributed by atoms with E-state index in [1.54, 1.807) is 11.0 Å². The molecule has 3 aromatic rings. The highest BCUT2D eigenvalue weighted by atomic mass is 16.5. The largest absolute Gasteiger partial charge is 0.494 e. The third-order valence-corrected chi connectivity index (χ3v) is 7.89. The smallest absolute Gasteiger partial charge is 0.414 e. The van der Waals surface area contributed by atoms with Crippen LogP contribution in [0, 0.1) is 0 Å². The third-order valence-electron chi connectivity index (χ3n) is 7.89. The lowest BCUT2D eigenvalue weighted by Crippen LogP contribution is -2.30. The van der Waals surface area contributed by atoms with E-state index in [0.717, 1.165) is 44.6 Å². The van der Waals surface area contributed by atoms with Crippen molar-refractivity contribution in [1.82, 2.24) is 9.80 Å². The molecule has 2 N–H and O–H groups in total. The minimum atomic E-state index is -1.82. The van der Waals surface area contributed by atoms with Gasteiger partial charge in [0, 0.05) is 42.6 Å². The normalized spacial score (nSPS) is 10.9. The number of carbonyl (C=O) groups is 4. The van der Waals surface area contributed by atoms with Crippen LogP contribution in [0.5, 0.6) is 5.75 Å². The van der Waals surface area contributed by atoms with Crippen LogP contribution in [-0.4, -0.2) is 83.0 Å². The Kier molecular flexibility index (Phi) is 17.3. The second-order valence-corrected chi connectivity index (χ2v) is 11.4. The van der Waals surface area contributed by atoms with Gasteiger partial charge in [0.15, 0.2) is 5.78 Å². The SMILES string of the molecule is CCCCc1oc2ccc(C(=O)N(CC)CC)cc2c1C(=O)c1ccc(OCCCN(CCCC)CCCC)cc1.O=C(O)C(=O)O. The lowest BCUT2D eigenvalue weighted by atomic mass is 9.97. The quantitative estimate of drug-likeness (QED) is 0.0775. The number of nitrogens with zero attached hydrogens (tertiary/aromatic N) is 2. The molecule has 0 aliphatic rings. The summed E-state index contributed by atoms with van der Waals surface area (Å²) in [6.07, 6.45) is 8.48. The van der Waals surface area contributed by atoms with E-state index in [1.165, 1.54) is 25.7 Å². The molecule has 0 unspecified atom stereocenters. The molecule has 0 aliphatic heterocycles. The molecule has 0 atom stereocenters. The van der Waals surface area contributed by atoms with Crippen molar-refractivity contribution in [3.63, 3.8) is 0 Å². The number of amides is 1. The molecule has 0 spiro atoms. The van der Waals surface area contributed by atoms with Gasteiger partial charge in [0.25, 0.3) is 5.91 Å². The van der Waals surface area contributed by atoms with Gasteiger partial charge in [0.1, 0.15) is 17.1 Å². The van der Waals surface area contributed by atoms with Crippen LogP contribution in [0.2, 0.25) is 0 Å². The molecule has 0 aliphatic carbocycles. The first-order valence-corrected chi connectivity index (χ1v) is 16.9. The number of unbranched alkanes of at least 4 members (excludes halogenated alkanes) is 3. The van der Waals surface area contributed by atoms with Crippen LogP contribution in [0.1, 0.15) is 112 Å². The van der Waals surface area contributed by atoms with Gasteiger partial charge in [-0.15, -0.1) is 0 Å². The van der Waals surface area contributed by atoms with Gasteiger partial charge in [0.05, 0.1) is 12.2 Å². The van der Waals surface area contributed by atoms with E-state index in [-0.39, 0.29) is 11.7 Å². The highest BCUT2D eigenvalue weighted by Crippen LogP contribution is 2.31. The average molecular weight is 653 g/mol. The summed E-state index contributed by atoms with van der Waals surface area (Å²) in [6.45, 7) is 15.8. The summed E-state index contributed by atoms with van der Waals surface area (Å²) in [6, 6.07) is 12.9. The number of benzene rings is 2. The summed E-state index contributed by atoms with van der Waals surface area (Å²) in [4.78, 5) is 49.4. The first-order chi connectivity index (χ1) is 22.6. The average Bonchev–Trinajstić information content (AvgIpc) is 3.44. The number of aliphatic carboxylic acids is 2. The Morgan fingerprint density at radius 3 is 1.81 bits per heavy atom. The highest BCUT2D eigenvalue weighted by Gasteiger charge is 2.24. The molecule has 258 valence electrons. The minimum absolute atomic E-state index is 0.0352. The molecule has 0 saturated carbocycles. The van der Waals surface area contributed by atoms with Crippen molar-refractivity contribution in [1.29, 1.82) is 0 Å². The Morgan fingerprint density at radius 1 is 0.723 bits per heavy atom. The molecular weight excluding hydrogens is 600 g/mol. The number of hydrogen-bond acceptors (Lipinski definition) is 7. The molecule has 0 fully saturated rings. The van der Waals surface area contributed by atoms with Gasteiger partial charge in [-0.05, 0) is 95.1 Å². The van der Waals surface area contributed by atoms with E-state index in [0.29, 0.717) is 59.5 Å². The molecule has 2 aromatic carbocycles. The first-order valence-electron chi connectivity index (χ1n) is 16.9. The maximum Gasteiger partial charge on any atom is 0.414 e. The van der Waals surface area contributed by atoms with Crippen LogP contribution < -0.4 is 4.74 Å². The van der Waals surface area contributed by atoms with Crippen molar-refractivity contribution in [2.45, 2.75) is 86.0 Å². The Labute approximate surface area is 278 Å². The summed E-state index contributed by atoms with van der Waals surface area (Å²) in [5, 5.41) is 15.5. The zero-order valence-corrected chi connectivity index (χ0v) is 28.7. The van der Waals surface area contributed by atoms with Crippen LogP contribution in [-0.2, 0) is 16.0 Å². The summed E-state index contributed by atoms with van der Waals surface area (Å²) in [5.74, 6) is -2.31. The number of furan rings is 1. The highest BCUT2D eigenvalue weighted by molar-refractivity contribution is 6.27. The number of aryl methyl sites for hydroxylation is 1. The lowest BCUT2D eigenvalue weighted by molar-refractivity contribution is -0.159. The molecule has 0 radical (unpaired) electrons. The number of rotatable bonds is 19. The van der Waals surface area contributed by atoms with Gasteiger partial charge >= 0.3 is 11.9 Å². The van der Waals surface area contributed by atoms with Gasteiger partial charge < -0.3 is 29.2 Å². The Hall–Kier alpha value is -4.18. The number of hydrogen-bond donors (Lipinski definition) is 2.